The van der Waals surface area contributed by atoms with Gasteiger partial charge >= 0.3 is 0 Å². The number of hydrogen-bond donors (Lipinski definition) is 1. The third kappa shape index (κ3) is 4.51. The van der Waals surface area contributed by atoms with E-state index in [1.165, 1.54) is 15.3 Å². The van der Waals surface area contributed by atoms with Crippen LogP contribution in [0.5, 0.6) is 0 Å². The molecule has 5 heteroatoms. The molecule has 0 aliphatic carbocycles. The summed E-state index contributed by atoms with van der Waals surface area (Å²) in [6.07, 6.45) is 2.25. The van der Waals surface area contributed by atoms with Gasteiger partial charge in [0, 0.05) is 18.2 Å². The minimum atomic E-state index is 0.0751. The molecular formula is C24H29N3OS. The van der Waals surface area contributed by atoms with Crippen LogP contribution in [0.15, 0.2) is 42.5 Å². The molecule has 2 aromatic carbocycles. The van der Waals surface area contributed by atoms with E-state index in [4.69, 9.17) is 4.98 Å². The number of hydrogen-bond acceptors (Lipinski definition) is 4. The van der Waals surface area contributed by atoms with E-state index in [0.29, 0.717) is 18.4 Å². The van der Waals surface area contributed by atoms with Crippen LogP contribution in [0.4, 0.5) is 5.69 Å². The lowest BCUT2D eigenvalue weighted by molar-refractivity contribution is -0.117. The van der Waals surface area contributed by atoms with Gasteiger partial charge in [-0.05, 0) is 55.5 Å². The maximum absolute atomic E-state index is 12.8. The van der Waals surface area contributed by atoms with Crippen LogP contribution in [0.3, 0.4) is 0 Å². The van der Waals surface area contributed by atoms with Gasteiger partial charge in [0.25, 0.3) is 0 Å². The summed E-state index contributed by atoms with van der Waals surface area (Å²) in [5.74, 6) is 0.869. The summed E-state index contributed by atoms with van der Waals surface area (Å²) in [6, 6.07) is 14.6. The lowest BCUT2D eigenvalue weighted by Crippen LogP contribution is -2.40. The Morgan fingerprint density at radius 2 is 2.07 bits per heavy atom. The first kappa shape index (κ1) is 20.0. The van der Waals surface area contributed by atoms with Crippen LogP contribution < -0.4 is 5.32 Å². The zero-order chi connectivity index (χ0) is 20.4. The van der Waals surface area contributed by atoms with Gasteiger partial charge in [0.05, 0.1) is 21.8 Å². The molecule has 4 nitrogen and oxygen atoms in total. The van der Waals surface area contributed by atoms with Crippen molar-refractivity contribution < 1.29 is 4.79 Å². The van der Waals surface area contributed by atoms with E-state index in [9.17, 15) is 4.79 Å². The second kappa shape index (κ2) is 8.64. The van der Waals surface area contributed by atoms with E-state index in [0.717, 1.165) is 42.7 Å². The number of anilines is 1. The summed E-state index contributed by atoms with van der Waals surface area (Å²) < 4.78 is 1.25. The van der Waals surface area contributed by atoms with Crippen molar-refractivity contribution in [1.29, 1.82) is 0 Å². The Bertz CT molecular complexity index is 977. The molecule has 0 radical (unpaired) electrons. The predicted molar refractivity (Wildman–Crippen MR) is 122 cm³/mol. The Morgan fingerprint density at radius 1 is 1.24 bits per heavy atom. The average molecular weight is 408 g/mol. The third-order valence-corrected chi connectivity index (χ3v) is 6.92. The van der Waals surface area contributed by atoms with E-state index in [-0.39, 0.29) is 5.91 Å². The molecule has 29 heavy (non-hydrogen) atoms. The van der Waals surface area contributed by atoms with Gasteiger partial charge < -0.3 is 5.32 Å². The third-order valence-electron chi connectivity index (χ3n) is 5.72. The van der Waals surface area contributed by atoms with Crippen molar-refractivity contribution in [3.63, 3.8) is 0 Å². The Labute approximate surface area is 177 Å². The highest BCUT2D eigenvalue weighted by Crippen LogP contribution is 2.33. The molecule has 1 fully saturated rings. The first-order valence-corrected chi connectivity index (χ1v) is 11.3. The maximum Gasteiger partial charge on any atom is 0.238 e. The molecule has 3 aromatic rings. The standard InChI is InChI=1S/C24H29N3OS/c1-16(2)19-10-6-8-17(3)23(19)26-22(28)15-27-13-7-9-18(14-27)24-25-20-11-4-5-12-21(20)29-24/h4-6,8,10-12,16,18H,7,9,13-15H2,1-3H3,(H,26,28)/t18-/m0/s1. The molecule has 1 aromatic heterocycles. The topological polar surface area (TPSA) is 45.2 Å². The molecule has 1 saturated heterocycles. The van der Waals surface area contributed by atoms with Gasteiger partial charge in [-0.15, -0.1) is 11.3 Å². The Balaban J connectivity index is 1.42. The molecule has 1 N–H and O–H groups in total. The fraction of sp³-hybridized carbons (Fsp3) is 0.417. The fourth-order valence-corrected chi connectivity index (χ4v) is 5.28. The van der Waals surface area contributed by atoms with Crippen molar-refractivity contribution in [1.82, 2.24) is 9.88 Å². The molecule has 0 spiro atoms. The highest BCUT2D eigenvalue weighted by Gasteiger charge is 2.25. The lowest BCUT2D eigenvalue weighted by Gasteiger charge is -2.31. The average Bonchev–Trinajstić information content (AvgIpc) is 3.14. The molecule has 1 atom stereocenters. The second-order valence-electron chi connectivity index (χ2n) is 8.34. The van der Waals surface area contributed by atoms with E-state index in [1.807, 2.05) is 6.07 Å². The van der Waals surface area contributed by atoms with Gasteiger partial charge in [-0.25, -0.2) is 4.98 Å². The van der Waals surface area contributed by atoms with E-state index < -0.39 is 0 Å². The zero-order valence-electron chi connectivity index (χ0n) is 17.4. The lowest BCUT2D eigenvalue weighted by atomic mass is 9.98. The molecular weight excluding hydrogens is 378 g/mol. The molecule has 2 heterocycles. The van der Waals surface area contributed by atoms with Crippen LogP contribution >= 0.6 is 11.3 Å². The summed E-state index contributed by atoms with van der Waals surface area (Å²) in [7, 11) is 0. The van der Waals surface area contributed by atoms with Crippen LogP contribution in [0.1, 0.15) is 54.7 Å². The number of aromatic nitrogens is 1. The van der Waals surface area contributed by atoms with Crippen LogP contribution in [0.25, 0.3) is 10.2 Å². The molecule has 152 valence electrons. The Kier molecular flexibility index (Phi) is 5.97. The van der Waals surface area contributed by atoms with Gasteiger partial charge in [-0.1, -0.05) is 44.2 Å². The second-order valence-corrected chi connectivity index (χ2v) is 9.40. The number of fused-ring (bicyclic) bond motifs is 1. The van der Waals surface area contributed by atoms with Gasteiger partial charge in [0.15, 0.2) is 0 Å². The quantitative estimate of drug-likeness (QED) is 0.603. The summed E-state index contributed by atoms with van der Waals surface area (Å²) in [5, 5.41) is 4.40. The van der Waals surface area contributed by atoms with Gasteiger partial charge in [-0.3, -0.25) is 9.69 Å². The van der Waals surface area contributed by atoms with Gasteiger partial charge in [-0.2, -0.15) is 0 Å². The number of carbonyl (C=O) groups excluding carboxylic acids is 1. The summed E-state index contributed by atoms with van der Waals surface area (Å²) in [5.41, 5.74) is 4.38. The first-order chi connectivity index (χ1) is 14.0. The highest BCUT2D eigenvalue weighted by atomic mass is 32.1. The number of carbonyl (C=O) groups is 1. The van der Waals surface area contributed by atoms with Crippen LogP contribution in [0, 0.1) is 6.92 Å². The van der Waals surface area contributed by atoms with Gasteiger partial charge in [0.1, 0.15) is 0 Å². The molecule has 0 bridgehead atoms. The van der Waals surface area contributed by atoms with Crippen molar-refractivity contribution in [3.05, 3.63) is 58.6 Å². The van der Waals surface area contributed by atoms with E-state index >= 15 is 0 Å². The predicted octanol–water partition coefficient (Wildman–Crippen LogP) is 5.55. The molecule has 1 aliphatic rings. The molecule has 4 rings (SSSR count). The van der Waals surface area contributed by atoms with Crippen molar-refractivity contribution in [2.45, 2.75) is 45.4 Å². The van der Waals surface area contributed by atoms with Crippen molar-refractivity contribution in [3.8, 4) is 0 Å². The summed E-state index contributed by atoms with van der Waals surface area (Å²) in [4.78, 5) is 20.0. The number of benzene rings is 2. The SMILES string of the molecule is Cc1cccc(C(C)C)c1NC(=O)CN1CCC[C@H](c2nc3ccccc3s2)C1. The molecule has 0 saturated carbocycles. The van der Waals surface area contributed by atoms with Crippen LogP contribution in [-0.4, -0.2) is 35.4 Å². The normalized spacial score (nSPS) is 17.7. The maximum atomic E-state index is 12.8. The number of thiazole rings is 1. The zero-order valence-corrected chi connectivity index (χ0v) is 18.3. The number of para-hydroxylation sites is 2. The summed E-state index contributed by atoms with van der Waals surface area (Å²) >= 11 is 1.80. The van der Waals surface area contributed by atoms with E-state index in [2.05, 4.69) is 67.4 Å². The smallest absolute Gasteiger partial charge is 0.238 e. The highest BCUT2D eigenvalue weighted by molar-refractivity contribution is 7.18. The number of nitrogens with zero attached hydrogens (tertiary/aromatic N) is 2. The van der Waals surface area contributed by atoms with Crippen LogP contribution in [-0.2, 0) is 4.79 Å². The number of piperidine rings is 1. The first-order valence-electron chi connectivity index (χ1n) is 10.5. The Morgan fingerprint density at radius 3 is 2.86 bits per heavy atom. The minimum Gasteiger partial charge on any atom is -0.324 e. The molecule has 1 amide bonds. The summed E-state index contributed by atoms with van der Waals surface area (Å²) in [6.45, 7) is 8.70. The van der Waals surface area contributed by atoms with Gasteiger partial charge in [0.2, 0.25) is 5.91 Å². The fourth-order valence-electron chi connectivity index (χ4n) is 4.19. The minimum absolute atomic E-state index is 0.0751. The molecule has 0 unspecified atom stereocenters. The number of aryl methyl sites for hydroxylation is 1. The largest absolute Gasteiger partial charge is 0.324 e. The van der Waals surface area contributed by atoms with Crippen LogP contribution in [0.2, 0.25) is 0 Å². The number of rotatable bonds is 5. The monoisotopic (exact) mass is 407 g/mol. The van der Waals surface area contributed by atoms with Crippen molar-refractivity contribution in [2.75, 3.05) is 25.0 Å². The number of amides is 1. The van der Waals surface area contributed by atoms with E-state index in [1.54, 1.807) is 11.3 Å². The van der Waals surface area contributed by atoms with Crippen molar-refractivity contribution >= 4 is 33.1 Å². The molecule has 1 aliphatic heterocycles. The number of nitrogens with one attached hydrogen (secondary N) is 1. The number of likely N-dealkylation sites (tertiary alicyclic amines) is 1. The Hall–Kier alpha value is -2.24. The van der Waals surface area contributed by atoms with Crippen molar-refractivity contribution in [2.24, 2.45) is 0 Å².